The average Bonchev–Trinajstić information content (AvgIpc) is 3.10. The maximum absolute atomic E-state index is 12.2. The number of amides is 1. The molecule has 1 aliphatic rings. The lowest BCUT2D eigenvalue weighted by Crippen LogP contribution is -2.43. The number of hydrogen-bond donors (Lipinski definition) is 2. The zero-order chi connectivity index (χ0) is 15.4. The van der Waals surface area contributed by atoms with Gasteiger partial charge in [0.15, 0.2) is 0 Å². The first-order valence-corrected chi connectivity index (χ1v) is 8.26. The van der Waals surface area contributed by atoms with Gasteiger partial charge < -0.3 is 15.8 Å². The van der Waals surface area contributed by atoms with Crippen LogP contribution in [-0.2, 0) is 9.53 Å². The Kier molecular flexibility index (Phi) is 4.82. The number of nitrogens with two attached hydrogens (primary N) is 1. The highest BCUT2D eigenvalue weighted by molar-refractivity contribution is 7.13. The number of aromatic nitrogens is 1. The molecule has 0 bridgehead atoms. The van der Waals surface area contributed by atoms with E-state index in [4.69, 9.17) is 10.5 Å². The lowest BCUT2D eigenvalue weighted by atomic mass is 9.92. The largest absolute Gasteiger partial charge is 0.381 e. The van der Waals surface area contributed by atoms with Crippen LogP contribution >= 0.6 is 11.3 Å². The molecule has 1 aromatic carbocycles. The van der Waals surface area contributed by atoms with E-state index in [0.29, 0.717) is 13.2 Å². The Morgan fingerprint density at radius 1 is 1.32 bits per heavy atom. The Morgan fingerprint density at radius 2 is 2.05 bits per heavy atom. The zero-order valence-corrected chi connectivity index (χ0v) is 13.0. The molecule has 6 heteroatoms. The van der Waals surface area contributed by atoms with Crippen molar-refractivity contribution in [2.75, 3.05) is 18.5 Å². The first kappa shape index (κ1) is 15.1. The molecule has 0 saturated carbocycles. The molecule has 1 fully saturated rings. The first-order valence-electron chi connectivity index (χ1n) is 7.38. The number of carbonyl (C=O) groups excluding carboxylic acids is 1. The maximum Gasteiger partial charge on any atom is 0.241 e. The quantitative estimate of drug-likeness (QED) is 0.908. The highest BCUT2D eigenvalue weighted by Crippen LogP contribution is 2.24. The minimum absolute atomic E-state index is 0.131. The van der Waals surface area contributed by atoms with E-state index < -0.39 is 6.04 Å². The van der Waals surface area contributed by atoms with Gasteiger partial charge in [0.2, 0.25) is 5.91 Å². The molecule has 3 rings (SSSR count). The van der Waals surface area contributed by atoms with Crippen molar-refractivity contribution in [3.05, 3.63) is 35.8 Å². The van der Waals surface area contributed by atoms with Crippen molar-refractivity contribution in [1.82, 2.24) is 4.98 Å². The van der Waals surface area contributed by atoms with E-state index in [1.54, 1.807) is 17.5 Å². The van der Waals surface area contributed by atoms with E-state index in [1.165, 1.54) is 0 Å². The van der Waals surface area contributed by atoms with Crippen molar-refractivity contribution in [2.45, 2.75) is 18.9 Å². The molecule has 0 radical (unpaired) electrons. The van der Waals surface area contributed by atoms with Crippen LogP contribution < -0.4 is 11.1 Å². The molecule has 1 atom stereocenters. The SMILES string of the molecule is NC(C(=O)Nc1ccc(-c2nccs2)cc1)C1CCOCC1. The van der Waals surface area contributed by atoms with Gasteiger partial charge in [-0.25, -0.2) is 4.98 Å². The first-order chi connectivity index (χ1) is 10.7. The number of carbonyl (C=O) groups is 1. The fourth-order valence-electron chi connectivity index (χ4n) is 2.58. The third-order valence-electron chi connectivity index (χ3n) is 3.91. The molecule has 1 unspecified atom stereocenters. The molecule has 1 amide bonds. The summed E-state index contributed by atoms with van der Waals surface area (Å²) in [6, 6.07) is 7.18. The second-order valence-corrected chi connectivity index (χ2v) is 6.27. The van der Waals surface area contributed by atoms with Crippen molar-refractivity contribution in [2.24, 2.45) is 11.7 Å². The lowest BCUT2D eigenvalue weighted by Gasteiger charge is -2.26. The Morgan fingerprint density at radius 3 is 2.68 bits per heavy atom. The van der Waals surface area contributed by atoms with Crippen molar-refractivity contribution in [1.29, 1.82) is 0 Å². The Hall–Kier alpha value is -1.76. The van der Waals surface area contributed by atoms with Gasteiger partial charge in [-0.05, 0) is 43.0 Å². The van der Waals surface area contributed by atoms with E-state index in [0.717, 1.165) is 29.1 Å². The van der Waals surface area contributed by atoms with Gasteiger partial charge in [-0.3, -0.25) is 4.79 Å². The molecule has 3 N–H and O–H groups in total. The average molecular weight is 317 g/mol. The number of nitrogens with one attached hydrogen (secondary N) is 1. The summed E-state index contributed by atoms with van der Waals surface area (Å²) in [7, 11) is 0. The molecule has 22 heavy (non-hydrogen) atoms. The molecular formula is C16H19N3O2S. The predicted molar refractivity (Wildman–Crippen MR) is 87.7 cm³/mol. The van der Waals surface area contributed by atoms with Crippen LogP contribution in [0.5, 0.6) is 0 Å². The van der Waals surface area contributed by atoms with Crippen LogP contribution in [0.4, 0.5) is 5.69 Å². The second-order valence-electron chi connectivity index (χ2n) is 5.38. The van der Waals surface area contributed by atoms with E-state index in [2.05, 4.69) is 10.3 Å². The van der Waals surface area contributed by atoms with Gasteiger partial charge in [0.05, 0.1) is 6.04 Å². The van der Waals surface area contributed by atoms with Gasteiger partial charge in [0.1, 0.15) is 5.01 Å². The molecular weight excluding hydrogens is 298 g/mol. The number of benzene rings is 1. The standard InChI is InChI=1S/C16H19N3O2S/c17-14(11-5-8-21-9-6-11)15(20)19-13-3-1-12(2-4-13)16-18-7-10-22-16/h1-4,7,10-11,14H,5-6,8-9,17H2,(H,19,20). The van der Waals surface area contributed by atoms with Gasteiger partial charge in [0, 0.05) is 36.0 Å². The summed E-state index contributed by atoms with van der Waals surface area (Å²) in [4.78, 5) is 16.5. The Bertz CT molecular complexity index is 607. The molecule has 2 heterocycles. The topological polar surface area (TPSA) is 77.2 Å². The summed E-state index contributed by atoms with van der Waals surface area (Å²) < 4.78 is 5.30. The fourth-order valence-corrected chi connectivity index (χ4v) is 3.22. The summed E-state index contributed by atoms with van der Waals surface area (Å²) in [5, 5.41) is 5.80. The van der Waals surface area contributed by atoms with Gasteiger partial charge in [-0.2, -0.15) is 0 Å². The van der Waals surface area contributed by atoms with Gasteiger partial charge in [0.25, 0.3) is 0 Å². The number of rotatable bonds is 4. The number of thiazole rings is 1. The van der Waals surface area contributed by atoms with Crippen LogP contribution in [0, 0.1) is 5.92 Å². The minimum atomic E-state index is -0.484. The Balaban J connectivity index is 1.61. The molecule has 1 saturated heterocycles. The van der Waals surface area contributed by atoms with Crippen molar-refractivity contribution in [3.63, 3.8) is 0 Å². The molecule has 0 spiro atoms. The van der Waals surface area contributed by atoms with Crippen molar-refractivity contribution >= 4 is 22.9 Å². The summed E-state index contributed by atoms with van der Waals surface area (Å²) in [6.45, 7) is 1.38. The normalized spacial score (nSPS) is 17.1. The van der Waals surface area contributed by atoms with Crippen LogP contribution in [-0.4, -0.2) is 30.1 Å². The summed E-state index contributed by atoms with van der Waals surface area (Å²) in [6.07, 6.45) is 3.47. The highest BCUT2D eigenvalue weighted by Gasteiger charge is 2.26. The number of nitrogens with zero attached hydrogens (tertiary/aromatic N) is 1. The molecule has 1 aliphatic heterocycles. The van der Waals surface area contributed by atoms with E-state index in [9.17, 15) is 4.79 Å². The third kappa shape index (κ3) is 3.52. The minimum Gasteiger partial charge on any atom is -0.381 e. The van der Waals surface area contributed by atoms with Gasteiger partial charge >= 0.3 is 0 Å². The summed E-state index contributed by atoms with van der Waals surface area (Å²) in [5.74, 6) is 0.0669. The van der Waals surface area contributed by atoms with Crippen LogP contribution in [0.2, 0.25) is 0 Å². The lowest BCUT2D eigenvalue weighted by molar-refractivity contribution is -0.119. The van der Waals surface area contributed by atoms with Crippen LogP contribution in [0.15, 0.2) is 35.8 Å². The molecule has 1 aromatic heterocycles. The van der Waals surface area contributed by atoms with Crippen molar-refractivity contribution in [3.8, 4) is 10.6 Å². The van der Waals surface area contributed by atoms with E-state index in [1.807, 2.05) is 29.6 Å². The summed E-state index contributed by atoms with van der Waals surface area (Å²) in [5.41, 5.74) is 7.87. The third-order valence-corrected chi connectivity index (χ3v) is 4.73. The van der Waals surface area contributed by atoms with E-state index >= 15 is 0 Å². The second kappa shape index (κ2) is 7.00. The fraction of sp³-hybridized carbons (Fsp3) is 0.375. The molecule has 116 valence electrons. The molecule has 2 aromatic rings. The summed E-state index contributed by atoms with van der Waals surface area (Å²) >= 11 is 1.59. The van der Waals surface area contributed by atoms with Gasteiger partial charge in [-0.1, -0.05) is 0 Å². The van der Waals surface area contributed by atoms with Crippen molar-refractivity contribution < 1.29 is 9.53 Å². The zero-order valence-electron chi connectivity index (χ0n) is 12.2. The van der Waals surface area contributed by atoms with Crippen LogP contribution in [0.1, 0.15) is 12.8 Å². The molecule has 5 nitrogen and oxygen atoms in total. The Labute approximate surface area is 133 Å². The smallest absolute Gasteiger partial charge is 0.241 e. The number of ether oxygens (including phenoxy) is 1. The van der Waals surface area contributed by atoms with Crippen LogP contribution in [0.3, 0.4) is 0 Å². The molecule has 0 aliphatic carbocycles. The monoisotopic (exact) mass is 317 g/mol. The number of hydrogen-bond acceptors (Lipinski definition) is 5. The predicted octanol–water partition coefficient (Wildman–Crippen LogP) is 2.50. The van der Waals surface area contributed by atoms with Gasteiger partial charge in [-0.15, -0.1) is 11.3 Å². The van der Waals surface area contributed by atoms with E-state index in [-0.39, 0.29) is 11.8 Å². The number of anilines is 1. The maximum atomic E-state index is 12.2. The highest BCUT2D eigenvalue weighted by atomic mass is 32.1. The van der Waals surface area contributed by atoms with Crippen LogP contribution in [0.25, 0.3) is 10.6 Å².